The van der Waals surface area contributed by atoms with E-state index in [0.717, 1.165) is 18.9 Å². The monoisotopic (exact) mass is 410 g/mol. The lowest BCUT2D eigenvalue weighted by Gasteiger charge is -2.20. The number of nitrogens with one attached hydrogen (secondary N) is 1. The summed E-state index contributed by atoms with van der Waals surface area (Å²) >= 11 is 0. The molecule has 2 saturated heterocycles. The van der Waals surface area contributed by atoms with Crippen LogP contribution in [0.4, 0.5) is 17.2 Å². The Hall–Kier alpha value is -3.29. The summed E-state index contributed by atoms with van der Waals surface area (Å²) in [5.74, 6) is 1.36. The molecule has 1 unspecified atom stereocenters. The predicted molar refractivity (Wildman–Crippen MR) is 114 cm³/mol. The number of anilines is 3. The molecule has 1 aromatic carbocycles. The second kappa shape index (κ2) is 8.61. The molecule has 0 aliphatic carbocycles. The van der Waals surface area contributed by atoms with Gasteiger partial charge in [-0.1, -0.05) is 0 Å². The number of amides is 2. The minimum absolute atomic E-state index is 0.110. The van der Waals surface area contributed by atoms with E-state index in [1.165, 1.54) is 12.8 Å². The van der Waals surface area contributed by atoms with Gasteiger partial charge < -0.3 is 24.6 Å². The van der Waals surface area contributed by atoms with Crippen LogP contribution in [0.25, 0.3) is 0 Å². The second-order valence-electron chi connectivity index (χ2n) is 7.53. The zero-order valence-electron chi connectivity index (χ0n) is 17.3. The second-order valence-corrected chi connectivity index (χ2v) is 7.53. The van der Waals surface area contributed by atoms with E-state index in [2.05, 4.69) is 15.2 Å². The Morgan fingerprint density at radius 1 is 1.13 bits per heavy atom. The van der Waals surface area contributed by atoms with Gasteiger partial charge in [0, 0.05) is 32.1 Å². The van der Waals surface area contributed by atoms with Gasteiger partial charge in [0.25, 0.3) is 0 Å². The highest BCUT2D eigenvalue weighted by molar-refractivity contribution is 6.04. The van der Waals surface area contributed by atoms with E-state index in [-0.39, 0.29) is 18.2 Å². The van der Waals surface area contributed by atoms with Crippen LogP contribution >= 0.6 is 0 Å². The molecule has 30 heavy (non-hydrogen) atoms. The maximum absolute atomic E-state index is 12.8. The molecule has 1 atom stereocenters. The van der Waals surface area contributed by atoms with E-state index in [4.69, 9.17) is 9.47 Å². The highest BCUT2D eigenvalue weighted by atomic mass is 16.5. The third-order valence-corrected chi connectivity index (χ3v) is 5.62. The van der Waals surface area contributed by atoms with Gasteiger partial charge in [0.15, 0.2) is 0 Å². The van der Waals surface area contributed by atoms with E-state index in [0.29, 0.717) is 29.4 Å². The number of aromatic nitrogens is 1. The zero-order chi connectivity index (χ0) is 21.1. The molecular formula is C22H26N4O4. The summed E-state index contributed by atoms with van der Waals surface area (Å²) in [6.45, 7) is 2.34. The summed E-state index contributed by atoms with van der Waals surface area (Å²) in [6.07, 6.45) is 4.20. The van der Waals surface area contributed by atoms with Crippen molar-refractivity contribution in [3.63, 3.8) is 0 Å². The summed E-state index contributed by atoms with van der Waals surface area (Å²) in [5, 5.41) is 2.89. The van der Waals surface area contributed by atoms with Gasteiger partial charge >= 0.3 is 0 Å². The van der Waals surface area contributed by atoms with Gasteiger partial charge in [0.05, 0.1) is 37.7 Å². The molecular weight excluding hydrogens is 384 g/mol. The number of rotatable bonds is 6. The van der Waals surface area contributed by atoms with Crippen molar-refractivity contribution in [2.45, 2.75) is 19.3 Å². The van der Waals surface area contributed by atoms with Crippen LogP contribution in [0.3, 0.4) is 0 Å². The molecule has 8 nitrogen and oxygen atoms in total. The van der Waals surface area contributed by atoms with Crippen LogP contribution in [-0.2, 0) is 9.59 Å². The topological polar surface area (TPSA) is 84.0 Å². The van der Waals surface area contributed by atoms with Gasteiger partial charge in [0.1, 0.15) is 17.3 Å². The number of benzene rings is 1. The Kier molecular flexibility index (Phi) is 5.74. The molecule has 3 heterocycles. The van der Waals surface area contributed by atoms with Gasteiger partial charge in [-0.05, 0) is 37.1 Å². The minimum Gasteiger partial charge on any atom is -0.497 e. The Bertz CT molecular complexity index is 925. The molecule has 0 saturated carbocycles. The van der Waals surface area contributed by atoms with Crippen LogP contribution in [0.2, 0.25) is 0 Å². The number of hydrogen-bond acceptors (Lipinski definition) is 6. The first-order valence-corrected chi connectivity index (χ1v) is 10.1. The normalized spacial score (nSPS) is 18.6. The molecule has 2 aliphatic heterocycles. The van der Waals surface area contributed by atoms with Crippen LogP contribution in [0.1, 0.15) is 19.3 Å². The van der Waals surface area contributed by atoms with Crippen molar-refractivity contribution in [2.75, 3.05) is 49.0 Å². The Morgan fingerprint density at radius 3 is 2.60 bits per heavy atom. The molecule has 2 aromatic rings. The van der Waals surface area contributed by atoms with Gasteiger partial charge in [-0.2, -0.15) is 0 Å². The van der Waals surface area contributed by atoms with Crippen molar-refractivity contribution in [3.05, 3.63) is 36.5 Å². The van der Waals surface area contributed by atoms with Gasteiger partial charge in [-0.25, -0.2) is 4.98 Å². The SMILES string of the molecule is COc1ccc(N2CC(C(=O)Nc3ccc(N4CCCC4)nc3)CC2=O)c(OC)c1. The zero-order valence-corrected chi connectivity index (χ0v) is 17.3. The smallest absolute Gasteiger partial charge is 0.229 e. The molecule has 2 aliphatic rings. The highest BCUT2D eigenvalue weighted by Crippen LogP contribution is 2.36. The van der Waals surface area contributed by atoms with Crippen molar-refractivity contribution < 1.29 is 19.1 Å². The summed E-state index contributed by atoms with van der Waals surface area (Å²) < 4.78 is 10.6. The number of methoxy groups -OCH3 is 2. The third-order valence-electron chi connectivity index (χ3n) is 5.62. The summed E-state index contributed by atoms with van der Waals surface area (Å²) in [5.41, 5.74) is 1.27. The number of ether oxygens (including phenoxy) is 2. The molecule has 158 valence electrons. The van der Waals surface area contributed by atoms with Gasteiger partial charge in [-0.15, -0.1) is 0 Å². The van der Waals surface area contributed by atoms with Crippen molar-refractivity contribution in [1.82, 2.24) is 4.98 Å². The fraction of sp³-hybridized carbons (Fsp3) is 0.409. The van der Waals surface area contributed by atoms with E-state index >= 15 is 0 Å². The Balaban J connectivity index is 1.42. The lowest BCUT2D eigenvalue weighted by atomic mass is 10.1. The molecule has 0 bridgehead atoms. The minimum atomic E-state index is -0.442. The van der Waals surface area contributed by atoms with Crippen molar-refractivity contribution >= 4 is 29.0 Å². The summed E-state index contributed by atoms with van der Waals surface area (Å²) in [4.78, 5) is 33.6. The van der Waals surface area contributed by atoms with Gasteiger partial charge in [-0.3, -0.25) is 9.59 Å². The lowest BCUT2D eigenvalue weighted by Crippen LogP contribution is -2.28. The predicted octanol–water partition coefficient (Wildman–Crippen LogP) is 2.69. The fourth-order valence-corrected chi connectivity index (χ4v) is 3.96. The molecule has 8 heteroatoms. The maximum atomic E-state index is 12.8. The van der Waals surface area contributed by atoms with Crippen LogP contribution < -0.4 is 24.6 Å². The molecule has 1 N–H and O–H groups in total. The molecule has 0 spiro atoms. The van der Waals surface area contributed by atoms with Crippen LogP contribution in [-0.4, -0.2) is 50.7 Å². The number of carbonyl (C=O) groups is 2. The maximum Gasteiger partial charge on any atom is 0.229 e. The molecule has 4 rings (SSSR count). The van der Waals surface area contributed by atoms with Crippen LogP contribution in [0, 0.1) is 5.92 Å². The molecule has 2 fully saturated rings. The molecule has 0 radical (unpaired) electrons. The Labute approximate surface area is 175 Å². The molecule has 1 aromatic heterocycles. The number of nitrogens with zero attached hydrogens (tertiary/aromatic N) is 3. The largest absolute Gasteiger partial charge is 0.497 e. The fourth-order valence-electron chi connectivity index (χ4n) is 3.96. The first-order valence-electron chi connectivity index (χ1n) is 10.1. The van der Waals surface area contributed by atoms with Crippen molar-refractivity contribution in [1.29, 1.82) is 0 Å². The van der Waals surface area contributed by atoms with Crippen LogP contribution in [0.15, 0.2) is 36.5 Å². The average molecular weight is 410 g/mol. The number of pyridine rings is 1. The van der Waals surface area contributed by atoms with E-state index in [9.17, 15) is 9.59 Å². The van der Waals surface area contributed by atoms with E-state index in [1.54, 1.807) is 43.5 Å². The Morgan fingerprint density at radius 2 is 1.93 bits per heavy atom. The summed E-state index contributed by atoms with van der Waals surface area (Å²) in [7, 11) is 3.12. The quantitative estimate of drug-likeness (QED) is 0.788. The molecule has 2 amide bonds. The van der Waals surface area contributed by atoms with E-state index in [1.807, 2.05) is 12.1 Å². The standard InChI is InChI=1S/C22H26N4O4/c1-29-17-6-7-18(19(12-17)30-2)26-14-15(11-21(26)27)22(28)24-16-5-8-20(23-13-16)25-9-3-4-10-25/h5-8,12-13,15H,3-4,9-11,14H2,1-2H3,(H,24,28). The van der Waals surface area contributed by atoms with E-state index < -0.39 is 5.92 Å². The lowest BCUT2D eigenvalue weighted by molar-refractivity contribution is -0.122. The number of carbonyl (C=O) groups excluding carboxylic acids is 2. The van der Waals surface area contributed by atoms with Gasteiger partial charge in [0.2, 0.25) is 11.8 Å². The first-order chi connectivity index (χ1) is 14.6. The first kappa shape index (κ1) is 20.0. The average Bonchev–Trinajstić information content (AvgIpc) is 3.44. The third kappa shape index (κ3) is 4.03. The highest BCUT2D eigenvalue weighted by Gasteiger charge is 2.36. The van der Waals surface area contributed by atoms with Crippen LogP contribution in [0.5, 0.6) is 11.5 Å². The van der Waals surface area contributed by atoms with Crippen molar-refractivity contribution in [2.24, 2.45) is 5.92 Å². The number of hydrogen-bond donors (Lipinski definition) is 1. The van der Waals surface area contributed by atoms with Crippen molar-refractivity contribution in [3.8, 4) is 11.5 Å². The summed E-state index contributed by atoms with van der Waals surface area (Å²) in [6, 6.07) is 9.06.